The highest BCUT2D eigenvalue weighted by molar-refractivity contribution is 6.30. The molecule has 2 amide bonds. The van der Waals surface area contributed by atoms with Crippen molar-refractivity contribution in [3.63, 3.8) is 0 Å². The summed E-state index contributed by atoms with van der Waals surface area (Å²) in [4.78, 5) is 24.6. The van der Waals surface area contributed by atoms with Gasteiger partial charge >= 0.3 is 0 Å². The zero-order valence-corrected chi connectivity index (χ0v) is 14.5. The van der Waals surface area contributed by atoms with Crippen LogP contribution in [0.5, 0.6) is 0 Å². The number of carbonyl (C=O) groups is 2. The highest BCUT2D eigenvalue weighted by atomic mass is 35.5. The van der Waals surface area contributed by atoms with Crippen molar-refractivity contribution in [2.75, 3.05) is 11.9 Å². The number of anilines is 1. The molecule has 22 heavy (non-hydrogen) atoms. The molecule has 0 aliphatic rings. The minimum absolute atomic E-state index is 0.257. The molecule has 122 valence electrons. The Morgan fingerprint density at radius 3 is 2.45 bits per heavy atom. The Labute approximate surface area is 137 Å². The number of rotatable bonds is 7. The highest BCUT2D eigenvalue weighted by Gasteiger charge is 2.35. The van der Waals surface area contributed by atoms with Gasteiger partial charge in [0.1, 0.15) is 5.41 Å². The zero-order chi connectivity index (χ0) is 16.8. The summed E-state index contributed by atoms with van der Waals surface area (Å²) in [6.07, 6.45) is 3.09. The maximum Gasteiger partial charge on any atom is 0.239 e. The molecule has 0 aliphatic carbocycles. The summed E-state index contributed by atoms with van der Waals surface area (Å²) >= 11 is 5.90. The quantitative estimate of drug-likeness (QED) is 0.590. The van der Waals surface area contributed by atoms with Gasteiger partial charge in [0.05, 0.1) is 0 Å². The predicted octanol–water partition coefficient (Wildman–Crippen LogP) is 3.92. The van der Waals surface area contributed by atoms with Crippen LogP contribution >= 0.6 is 11.6 Å². The molecule has 5 heteroatoms. The fraction of sp³-hybridized carbons (Fsp3) is 0.529. The van der Waals surface area contributed by atoms with Crippen LogP contribution in [-0.4, -0.2) is 18.4 Å². The number of nitrogens with one attached hydrogen (secondary N) is 2. The largest absolute Gasteiger partial charge is 0.355 e. The number of halogens is 1. The maximum atomic E-state index is 12.4. The molecule has 0 fully saturated rings. The van der Waals surface area contributed by atoms with E-state index in [0.29, 0.717) is 17.3 Å². The number of carbonyl (C=O) groups excluding carboxylic acids is 2. The molecule has 0 radical (unpaired) electrons. The average molecular weight is 325 g/mol. The van der Waals surface area contributed by atoms with Crippen LogP contribution in [0.1, 0.15) is 45.6 Å². The molecule has 0 saturated carbocycles. The van der Waals surface area contributed by atoms with E-state index in [9.17, 15) is 9.59 Å². The predicted molar refractivity (Wildman–Crippen MR) is 91.1 cm³/mol. The number of benzene rings is 1. The van der Waals surface area contributed by atoms with Crippen LogP contribution in [0.3, 0.4) is 0 Å². The average Bonchev–Trinajstić information content (AvgIpc) is 2.46. The van der Waals surface area contributed by atoms with E-state index >= 15 is 0 Å². The van der Waals surface area contributed by atoms with Gasteiger partial charge in [-0.25, -0.2) is 0 Å². The molecule has 1 aromatic rings. The topological polar surface area (TPSA) is 58.2 Å². The second kappa shape index (κ2) is 8.18. The van der Waals surface area contributed by atoms with Crippen molar-refractivity contribution in [1.29, 1.82) is 0 Å². The monoisotopic (exact) mass is 324 g/mol. The first-order valence-electron chi connectivity index (χ1n) is 7.65. The lowest BCUT2D eigenvalue weighted by Gasteiger charge is -2.23. The highest BCUT2D eigenvalue weighted by Crippen LogP contribution is 2.23. The fourth-order valence-corrected chi connectivity index (χ4v) is 2.17. The molecular formula is C17H25ClN2O2. The second-order valence-electron chi connectivity index (χ2n) is 6.00. The Bertz CT molecular complexity index is 541. The molecule has 0 unspecified atom stereocenters. The Morgan fingerprint density at radius 2 is 1.86 bits per heavy atom. The van der Waals surface area contributed by atoms with Crippen LogP contribution in [0.4, 0.5) is 5.69 Å². The number of aryl methyl sites for hydroxylation is 1. The lowest BCUT2D eigenvalue weighted by atomic mass is 9.90. The van der Waals surface area contributed by atoms with Crippen molar-refractivity contribution >= 4 is 29.1 Å². The van der Waals surface area contributed by atoms with Crippen molar-refractivity contribution in [2.24, 2.45) is 5.41 Å². The van der Waals surface area contributed by atoms with E-state index in [4.69, 9.17) is 11.6 Å². The summed E-state index contributed by atoms with van der Waals surface area (Å²) < 4.78 is 0. The van der Waals surface area contributed by atoms with Gasteiger partial charge in [-0.05, 0) is 51.0 Å². The summed E-state index contributed by atoms with van der Waals surface area (Å²) in [7, 11) is 0. The molecule has 0 heterocycles. The van der Waals surface area contributed by atoms with Gasteiger partial charge < -0.3 is 10.6 Å². The molecule has 0 bridgehead atoms. The van der Waals surface area contributed by atoms with Crippen molar-refractivity contribution in [3.8, 4) is 0 Å². The fourth-order valence-electron chi connectivity index (χ4n) is 1.95. The van der Waals surface area contributed by atoms with Crippen molar-refractivity contribution in [2.45, 2.75) is 47.0 Å². The molecule has 0 atom stereocenters. The van der Waals surface area contributed by atoms with Gasteiger partial charge in [0.25, 0.3) is 0 Å². The van der Waals surface area contributed by atoms with E-state index in [-0.39, 0.29) is 11.8 Å². The third kappa shape index (κ3) is 5.02. The van der Waals surface area contributed by atoms with Crippen LogP contribution in [0.2, 0.25) is 5.02 Å². The Morgan fingerprint density at radius 1 is 1.18 bits per heavy atom. The molecule has 4 nitrogen and oxygen atoms in total. The third-order valence-corrected chi connectivity index (χ3v) is 3.87. The molecule has 0 spiro atoms. The van der Waals surface area contributed by atoms with Crippen molar-refractivity contribution < 1.29 is 9.59 Å². The van der Waals surface area contributed by atoms with Crippen molar-refractivity contribution in [3.05, 3.63) is 28.8 Å². The van der Waals surface area contributed by atoms with Crippen LogP contribution in [0, 0.1) is 12.3 Å². The van der Waals surface area contributed by atoms with E-state index in [1.54, 1.807) is 32.0 Å². The first-order chi connectivity index (χ1) is 10.3. The first-order valence-corrected chi connectivity index (χ1v) is 8.02. The molecule has 1 aromatic carbocycles. The molecule has 0 aromatic heterocycles. The Hall–Kier alpha value is -1.55. The number of unbranched alkanes of at least 4 members (excludes halogenated alkanes) is 2. The summed E-state index contributed by atoms with van der Waals surface area (Å²) in [5.41, 5.74) is 0.402. The maximum absolute atomic E-state index is 12.4. The minimum Gasteiger partial charge on any atom is -0.355 e. The van der Waals surface area contributed by atoms with Gasteiger partial charge in [-0.3, -0.25) is 9.59 Å². The second-order valence-corrected chi connectivity index (χ2v) is 6.44. The van der Waals surface area contributed by atoms with Gasteiger partial charge in [-0.15, -0.1) is 0 Å². The molecule has 1 rings (SSSR count). The van der Waals surface area contributed by atoms with Crippen LogP contribution in [0.15, 0.2) is 18.2 Å². The zero-order valence-electron chi connectivity index (χ0n) is 13.8. The van der Waals surface area contributed by atoms with Gasteiger partial charge in [-0.2, -0.15) is 0 Å². The summed E-state index contributed by atoms with van der Waals surface area (Å²) in [5, 5.41) is 6.24. The van der Waals surface area contributed by atoms with E-state index < -0.39 is 5.41 Å². The normalized spacial score (nSPS) is 11.1. The Balaban J connectivity index is 2.67. The molecule has 0 saturated heterocycles. The van der Waals surface area contributed by atoms with Gasteiger partial charge in [-0.1, -0.05) is 31.4 Å². The van der Waals surface area contributed by atoms with Gasteiger partial charge in [0.2, 0.25) is 11.8 Å². The summed E-state index contributed by atoms with van der Waals surface area (Å²) in [5.74, 6) is -0.585. The van der Waals surface area contributed by atoms with Crippen LogP contribution < -0.4 is 10.6 Å². The van der Waals surface area contributed by atoms with Gasteiger partial charge in [0.15, 0.2) is 0 Å². The van der Waals surface area contributed by atoms with E-state index in [0.717, 1.165) is 24.8 Å². The number of hydrogen-bond acceptors (Lipinski definition) is 2. The molecule has 0 aliphatic heterocycles. The van der Waals surface area contributed by atoms with E-state index in [1.165, 1.54) is 0 Å². The van der Waals surface area contributed by atoms with Crippen LogP contribution in [-0.2, 0) is 9.59 Å². The lowest BCUT2D eigenvalue weighted by molar-refractivity contribution is -0.138. The molecule has 2 N–H and O–H groups in total. The number of hydrogen-bond donors (Lipinski definition) is 2. The van der Waals surface area contributed by atoms with Gasteiger partial charge in [0, 0.05) is 17.3 Å². The summed E-state index contributed by atoms with van der Waals surface area (Å²) in [6.45, 7) is 7.82. The minimum atomic E-state index is -1.13. The summed E-state index contributed by atoms with van der Waals surface area (Å²) in [6, 6.07) is 5.22. The Kier molecular flexibility index (Phi) is 6.88. The standard InChI is InChI=1S/C17H25ClN2O2/c1-5-6-7-10-19-15(21)17(3,4)16(22)20-14-9-8-13(18)11-12(14)2/h8-9,11H,5-7,10H2,1-4H3,(H,19,21)(H,20,22). The number of amides is 2. The first kappa shape index (κ1) is 18.5. The van der Waals surface area contributed by atoms with E-state index in [1.807, 2.05) is 6.92 Å². The molecular weight excluding hydrogens is 300 g/mol. The lowest BCUT2D eigenvalue weighted by Crippen LogP contribution is -2.45. The van der Waals surface area contributed by atoms with Crippen LogP contribution in [0.25, 0.3) is 0 Å². The van der Waals surface area contributed by atoms with Crippen molar-refractivity contribution in [1.82, 2.24) is 5.32 Å². The SMILES string of the molecule is CCCCCNC(=O)C(C)(C)C(=O)Nc1ccc(Cl)cc1C. The smallest absolute Gasteiger partial charge is 0.239 e. The van der Waals surface area contributed by atoms with E-state index in [2.05, 4.69) is 17.6 Å². The third-order valence-electron chi connectivity index (χ3n) is 3.64.